The highest BCUT2D eigenvalue weighted by molar-refractivity contribution is 5.90. The molecule has 1 aromatic carbocycles. The minimum absolute atomic E-state index is 0.0480. The van der Waals surface area contributed by atoms with Gasteiger partial charge < -0.3 is 20.2 Å². The van der Waals surface area contributed by atoms with E-state index in [1.165, 1.54) is 27.8 Å². The van der Waals surface area contributed by atoms with E-state index < -0.39 is 24.0 Å². The predicted molar refractivity (Wildman–Crippen MR) is 117 cm³/mol. The predicted octanol–water partition coefficient (Wildman–Crippen LogP) is 3.05. The van der Waals surface area contributed by atoms with Gasteiger partial charge in [0, 0.05) is 30.4 Å². The van der Waals surface area contributed by atoms with Crippen LogP contribution in [0.3, 0.4) is 0 Å². The number of nitrogens with one attached hydrogen (secondary N) is 1. The Kier molecular flexibility index (Phi) is 5.31. The Morgan fingerprint density at radius 3 is 2.61 bits per heavy atom. The molecule has 0 saturated carbocycles. The van der Waals surface area contributed by atoms with Crippen LogP contribution in [-0.4, -0.2) is 69.1 Å². The van der Waals surface area contributed by atoms with E-state index in [-0.39, 0.29) is 24.7 Å². The highest BCUT2D eigenvalue weighted by Crippen LogP contribution is 2.27. The molecule has 2 fully saturated rings. The molecule has 5 rings (SSSR count). The average Bonchev–Trinajstić information content (AvgIpc) is 3.21. The van der Waals surface area contributed by atoms with Crippen LogP contribution in [0.2, 0.25) is 0 Å². The molecule has 0 spiro atoms. The van der Waals surface area contributed by atoms with Crippen LogP contribution < -0.4 is 10.2 Å². The van der Waals surface area contributed by atoms with Crippen molar-refractivity contribution in [2.24, 2.45) is 5.92 Å². The summed E-state index contributed by atoms with van der Waals surface area (Å²) in [4.78, 5) is 31.1. The van der Waals surface area contributed by atoms with Gasteiger partial charge in [-0.1, -0.05) is 0 Å². The van der Waals surface area contributed by atoms with Gasteiger partial charge >= 0.3 is 12.0 Å². The fourth-order valence-corrected chi connectivity index (χ4v) is 4.14. The lowest BCUT2D eigenvalue weighted by molar-refractivity contribution is -0.142. The monoisotopic (exact) mass is 456 g/mol. The van der Waals surface area contributed by atoms with Gasteiger partial charge in [-0.05, 0) is 37.1 Å². The average molecular weight is 456 g/mol. The van der Waals surface area contributed by atoms with E-state index in [0.29, 0.717) is 42.7 Å². The number of fused-ring (bicyclic) bond motifs is 1. The summed E-state index contributed by atoms with van der Waals surface area (Å²) in [6.45, 7) is 1.34. The number of likely N-dealkylation sites (tertiary alicyclic amines) is 1. The maximum absolute atomic E-state index is 14.6. The molecule has 3 aromatic rings. The van der Waals surface area contributed by atoms with Crippen molar-refractivity contribution in [3.05, 3.63) is 42.5 Å². The van der Waals surface area contributed by atoms with Crippen molar-refractivity contribution in [3.8, 4) is 5.69 Å². The summed E-state index contributed by atoms with van der Waals surface area (Å²) in [6.07, 6.45) is 3.47. The Hall–Kier alpha value is -3.76. The molecule has 0 unspecified atom stereocenters. The summed E-state index contributed by atoms with van der Waals surface area (Å²) in [5, 5.41) is 16.9. The fraction of sp³-hybridized carbons (Fsp3) is 0.364. The number of carboxylic acid groups (broad SMARTS) is 1. The molecule has 2 aromatic heterocycles. The molecule has 0 radical (unpaired) electrons. The van der Waals surface area contributed by atoms with Gasteiger partial charge in [0.2, 0.25) is 0 Å². The van der Waals surface area contributed by atoms with E-state index in [2.05, 4.69) is 20.3 Å². The highest BCUT2D eigenvalue weighted by atomic mass is 19.1. The lowest BCUT2D eigenvalue weighted by Gasteiger charge is -2.34. The lowest BCUT2D eigenvalue weighted by Crippen LogP contribution is -2.53. The standard InChI is InChI=1S/C22H22F2N6O3/c23-15-11-29(12-15)22(33)26-16-1-2-18(24)19(8-16)30-10-14-7-17(9-25-20(14)27-30)28-5-3-13(4-6-28)21(31)32/h1-2,7-10,13,15H,3-6,11-12H2,(H,26,33)(H,31,32). The number of halogens is 2. The molecule has 0 atom stereocenters. The van der Waals surface area contributed by atoms with Crippen LogP contribution in [0.5, 0.6) is 0 Å². The third kappa shape index (κ3) is 4.18. The maximum Gasteiger partial charge on any atom is 0.322 e. The molecule has 11 heteroatoms. The Balaban J connectivity index is 1.35. The van der Waals surface area contributed by atoms with Crippen LogP contribution in [-0.2, 0) is 4.79 Å². The normalized spacial score (nSPS) is 17.3. The molecular formula is C22H22F2N6O3. The number of aromatic nitrogens is 3. The first-order valence-electron chi connectivity index (χ1n) is 10.7. The van der Waals surface area contributed by atoms with Gasteiger partial charge in [0.05, 0.1) is 30.9 Å². The Morgan fingerprint density at radius 1 is 1.15 bits per heavy atom. The van der Waals surface area contributed by atoms with Gasteiger partial charge in [-0.3, -0.25) is 4.79 Å². The van der Waals surface area contributed by atoms with Crippen molar-refractivity contribution in [1.82, 2.24) is 19.7 Å². The number of carboxylic acids is 1. The second-order valence-electron chi connectivity index (χ2n) is 8.38. The summed E-state index contributed by atoms with van der Waals surface area (Å²) >= 11 is 0. The van der Waals surface area contributed by atoms with Crippen LogP contribution in [0.25, 0.3) is 16.7 Å². The van der Waals surface area contributed by atoms with Crippen molar-refractivity contribution in [1.29, 1.82) is 0 Å². The number of pyridine rings is 1. The first-order chi connectivity index (χ1) is 15.9. The molecule has 9 nitrogen and oxygen atoms in total. The van der Waals surface area contributed by atoms with Gasteiger partial charge in [-0.25, -0.2) is 23.2 Å². The smallest absolute Gasteiger partial charge is 0.322 e. The lowest BCUT2D eigenvalue weighted by atomic mass is 9.97. The second-order valence-corrected chi connectivity index (χ2v) is 8.38. The zero-order valence-corrected chi connectivity index (χ0v) is 17.6. The number of carbonyl (C=O) groups excluding carboxylic acids is 1. The van der Waals surface area contributed by atoms with E-state index in [4.69, 9.17) is 0 Å². The molecule has 4 heterocycles. The molecule has 2 aliphatic rings. The van der Waals surface area contributed by atoms with Gasteiger partial charge in [-0.15, -0.1) is 5.10 Å². The minimum Gasteiger partial charge on any atom is -0.481 e. The van der Waals surface area contributed by atoms with Crippen molar-refractivity contribution in [3.63, 3.8) is 0 Å². The van der Waals surface area contributed by atoms with Crippen LogP contribution in [0.1, 0.15) is 12.8 Å². The minimum atomic E-state index is -1.00. The summed E-state index contributed by atoms with van der Waals surface area (Å²) in [5.41, 5.74) is 1.80. The van der Waals surface area contributed by atoms with Crippen molar-refractivity contribution in [2.45, 2.75) is 19.0 Å². The zero-order chi connectivity index (χ0) is 23.1. The number of anilines is 2. The van der Waals surface area contributed by atoms with Crippen molar-refractivity contribution < 1.29 is 23.5 Å². The van der Waals surface area contributed by atoms with Crippen molar-refractivity contribution >= 4 is 34.4 Å². The third-order valence-electron chi connectivity index (χ3n) is 6.12. The zero-order valence-electron chi connectivity index (χ0n) is 17.6. The number of amides is 2. The third-order valence-corrected chi connectivity index (χ3v) is 6.12. The molecule has 2 amide bonds. The maximum atomic E-state index is 14.6. The van der Waals surface area contributed by atoms with Gasteiger partial charge in [0.15, 0.2) is 5.65 Å². The summed E-state index contributed by atoms with van der Waals surface area (Å²) in [7, 11) is 0. The fourth-order valence-electron chi connectivity index (χ4n) is 4.14. The number of alkyl halides is 1. The summed E-state index contributed by atoms with van der Waals surface area (Å²) in [5.74, 6) is -1.61. The quantitative estimate of drug-likeness (QED) is 0.626. The first-order valence-corrected chi connectivity index (χ1v) is 10.7. The van der Waals surface area contributed by atoms with Gasteiger partial charge in [0.25, 0.3) is 0 Å². The SMILES string of the molecule is O=C(O)C1CCN(c2cnc3nn(-c4cc(NC(=O)N5CC(F)C5)ccc4F)cc3c2)CC1. The van der Waals surface area contributed by atoms with Gasteiger partial charge in [-0.2, -0.15) is 0 Å². The molecule has 33 heavy (non-hydrogen) atoms. The van der Waals surface area contributed by atoms with E-state index in [0.717, 1.165) is 5.69 Å². The van der Waals surface area contributed by atoms with Gasteiger partial charge in [0.1, 0.15) is 17.7 Å². The molecule has 172 valence electrons. The molecule has 2 N–H and O–H groups in total. The molecule has 2 saturated heterocycles. The first kappa shape index (κ1) is 21.1. The molecular weight excluding hydrogens is 434 g/mol. The summed E-state index contributed by atoms with van der Waals surface area (Å²) in [6, 6.07) is 5.59. The van der Waals surface area contributed by atoms with Crippen LogP contribution in [0.15, 0.2) is 36.7 Å². The number of urea groups is 1. The highest BCUT2D eigenvalue weighted by Gasteiger charge is 2.30. The topological polar surface area (TPSA) is 104 Å². The van der Waals surface area contributed by atoms with Crippen molar-refractivity contribution in [2.75, 3.05) is 36.4 Å². The summed E-state index contributed by atoms with van der Waals surface area (Å²) < 4.78 is 28.9. The van der Waals surface area contributed by atoms with E-state index in [1.54, 1.807) is 12.4 Å². The number of piperidine rings is 1. The van der Waals surface area contributed by atoms with Crippen LogP contribution >= 0.6 is 0 Å². The molecule has 0 bridgehead atoms. The van der Waals surface area contributed by atoms with E-state index in [9.17, 15) is 23.5 Å². The van der Waals surface area contributed by atoms with E-state index in [1.807, 2.05) is 6.07 Å². The molecule has 2 aliphatic heterocycles. The number of benzene rings is 1. The number of rotatable bonds is 4. The van der Waals surface area contributed by atoms with Crippen LogP contribution in [0.4, 0.5) is 25.0 Å². The molecule has 0 aliphatic carbocycles. The Bertz CT molecular complexity index is 1220. The van der Waals surface area contributed by atoms with E-state index >= 15 is 0 Å². The largest absolute Gasteiger partial charge is 0.481 e. The second kappa shape index (κ2) is 8.30. The van der Waals surface area contributed by atoms with Crippen LogP contribution in [0, 0.1) is 11.7 Å². The number of hydrogen-bond donors (Lipinski definition) is 2. The number of carbonyl (C=O) groups is 2. The number of hydrogen-bond acceptors (Lipinski definition) is 5. The number of aliphatic carboxylic acids is 1. The number of nitrogens with zero attached hydrogens (tertiary/aromatic N) is 5. The Labute approximate surface area is 187 Å². The Morgan fingerprint density at radius 2 is 1.91 bits per heavy atom.